The largest absolute Gasteiger partial charge is 0.497 e. The van der Waals surface area contributed by atoms with Gasteiger partial charge in [-0.15, -0.1) is 0 Å². The number of hydrogen-bond acceptors (Lipinski definition) is 7. The highest BCUT2D eigenvalue weighted by Crippen LogP contribution is 2.35. The second-order valence-corrected chi connectivity index (χ2v) is 11.0. The molecule has 0 saturated carbocycles. The fraction of sp³-hybridized carbons (Fsp3) is 0.667. The second-order valence-electron chi connectivity index (χ2n) is 8.18. The topological polar surface area (TPSA) is 82.6 Å². The number of hydrogen-bond donors (Lipinski definition) is 0. The number of piperazine rings is 1. The van der Waals surface area contributed by atoms with E-state index >= 15 is 0 Å². The summed E-state index contributed by atoms with van der Waals surface area (Å²) in [5, 5.41) is -0.0497. The summed E-state index contributed by atoms with van der Waals surface area (Å²) in [5.74, 6) is 0.276. The van der Waals surface area contributed by atoms with Gasteiger partial charge in [-0.25, -0.2) is 8.42 Å². The van der Waals surface area contributed by atoms with Crippen molar-refractivity contribution in [1.29, 1.82) is 0 Å². The molecule has 1 fully saturated rings. The molecule has 0 radical (unpaired) electrons. The highest BCUT2D eigenvalue weighted by Gasteiger charge is 2.27. The predicted octanol–water partition coefficient (Wildman–Crippen LogP) is 1.74. The minimum absolute atomic E-state index is 0.0249. The average molecular weight is 525 g/mol. The number of ether oxygens (including phenoxy) is 2. The number of halogens is 2. The maximum absolute atomic E-state index is 12.9. The van der Waals surface area contributed by atoms with Crippen LogP contribution in [0.15, 0.2) is 17.0 Å². The molecule has 0 atom stereocenters. The van der Waals surface area contributed by atoms with Crippen LogP contribution in [0.5, 0.6) is 5.75 Å². The summed E-state index contributed by atoms with van der Waals surface area (Å²) in [7, 11) is 3.04. The second kappa shape index (κ2) is 13.1. The summed E-state index contributed by atoms with van der Waals surface area (Å²) < 4.78 is 37.4. The standard InChI is InChI=1S/C21H34Cl2N4O5S/c1-24(2)6-5-7-26-8-10-27(11-9-26)20(28)16-32-13-12-25(3)33(29,30)21-18(22)14-17(31-4)15-19(21)23/h14-15H,5-13,16H2,1-4H3. The van der Waals surface area contributed by atoms with Crippen molar-refractivity contribution in [2.24, 2.45) is 0 Å². The van der Waals surface area contributed by atoms with Gasteiger partial charge in [-0.3, -0.25) is 9.69 Å². The first kappa shape index (κ1) is 28.1. The summed E-state index contributed by atoms with van der Waals surface area (Å²) in [6.07, 6.45) is 1.10. The van der Waals surface area contributed by atoms with Crippen LogP contribution in [0.2, 0.25) is 10.0 Å². The van der Waals surface area contributed by atoms with Crippen LogP contribution in [0, 0.1) is 0 Å². The van der Waals surface area contributed by atoms with Gasteiger partial charge in [0, 0.05) is 51.9 Å². The smallest absolute Gasteiger partial charge is 0.248 e. The highest BCUT2D eigenvalue weighted by atomic mass is 35.5. The van der Waals surface area contributed by atoms with Gasteiger partial charge in [0.25, 0.3) is 0 Å². The molecule has 0 unspecified atom stereocenters. The minimum atomic E-state index is -3.94. The van der Waals surface area contributed by atoms with Crippen molar-refractivity contribution in [3.05, 3.63) is 22.2 Å². The Morgan fingerprint density at radius 3 is 2.21 bits per heavy atom. The number of carbonyl (C=O) groups excluding carboxylic acids is 1. The molecule has 1 aromatic carbocycles. The van der Waals surface area contributed by atoms with Crippen LogP contribution in [0.4, 0.5) is 0 Å². The van der Waals surface area contributed by atoms with E-state index in [1.54, 1.807) is 4.90 Å². The van der Waals surface area contributed by atoms with Gasteiger partial charge in [0.15, 0.2) is 0 Å². The van der Waals surface area contributed by atoms with Gasteiger partial charge in [-0.2, -0.15) is 4.31 Å². The number of sulfonamides is 1. The lowest BCUT2D eigenvalue weighted by Gasteiger charge is -2.34. The molecule has 9 nitrogen and oxygen atoms in total. The zero-order chi connectivity index (χ0) is 24.6. The first-order valence-electron chi connectivity index (χ1n) is 10.8. The average Bonchev–Trinajstić information content (AvgIpc) is 2.75. The van der Waals surface area contributed by atoms with Crippen molar-refractivity contribution in [2.75, 3.05) is 87.3 Å². The van der Waals surface area contributed by atoms with Gasteiger partial charge in [0.1, 0.15) is 17.3 Å². The quantitative estimate of drug-likeness (QED) is 0.385. The third-order valence-electron chi connectivity index (χ3n) is 5.46. The Morgan fingerprint density at radius 1 is 1.06 bits per heavy atom. The van der Waals surface area contributed by atoms with E-state index in [1.807, 2.05) is 0 Å². The van der Waals surface area contributed by atoms with Crippen molar-refractivity contribution in [3.8, 4) is 5.75 Å². The maximum Gasteiger partial charge on any atom is 0.248 e. The lowest BCUT2D eigenvalue weighted by atomic mass is 10.3. The van der Waals surface area contributed by atoms with Crippen molar-refractivity contribution < 1.29 is 22.7 Å². The lowest BCUT2D eigenvalue weighted by Crippen LogP contribution is -2.50. The van der Waals surface area contributed by atoms with E-state index < -0.39 is 10.0 Å². The van der Waals surface area contributed by atoms with E-state index in [4.69, 9.17) is 32.7 Å². The van der Waals surface area contributed by atoms with Crippen molar-refractivity contribution >= 4 is 39.1 Å². The van der Waals surface area contributed by atoms with E-state index in [2.05, 4.69) is 23.9 Å². The molecule has 1 amide bonds. The van der Waals surface area contributed by atoms with Gasteiger partial charge in [0.05, 0.1) is 23.8 Å². The molecule has 1 saturated heterocycles. The highest BCUT2D eigenvalue weighted by molar-refractivity contribution is 7.89. The van der Waals surface area contributed by atoms with Crippen molar-refractivity contribution in [1.82, 2.24) is 19.0 Å². The normalized spacial score (nSPS) is 15.5. The number of likely N-dealkylation sites (N-methyl/N-ethyl adjacent to an activating group) is 1. The molecule has 1 heterocycles. The van der Waals surface area contributed by atoms with E-state index in [9.17, 15) is 13.2 Å². The zero-order valence-corrected chi connectivity index (χ0v) is 22.0. The number of benzene rings is 1. The molecule has 1 aliphatic rings. The Hall–Kier alpha value is -1.14. The van der Waals surface area contributed by atoms with Crippen LogP contribution >= 0.6 is 23.2 Å². The number of carbonyl (C=O) groups is 1. The van der Waals surface area contributed by atoms with Gasteiger partial charge in [0.2, 0.25) is 15.9 Å². The first-order chi connectivity index (χ1) is 15.6. The molecule has 33 heavy (non-hydrogen) atoms. The zero-order valence-electron chi connectivity index (χ0n) is 19.7. The summed E-state index contributed by atoms with van der Waals surface area (Å²) in [5.41, 5.74) is 0. The molecule has 0 spiro atoms. The molecule has 2 rings (SSSR count). The number of amides is 1. The molecule has 0 aliphatic carbocycles. The molecular weight excluding hydrogens is 491 g/mol. The van der Waals surface area contributed by atoms with Gasteiger partial charge < -0.3 is 19.3 Å². The van der Waals surface area contributed by atoms with Crippen molar-refractivity contribution in [2.45, 2.75) is 11.3 Å². The van der Waals surface area contributed by atoms with Crippen molar-refractivity contribution in [3.63, 3.8) is 0 Å². The van der Waals surface area contributed by atoms with Crippen LogP contribution in [-0.4, -0.2) is 121 Å². The molecule has 0 N–H and O–H groups in total. The molecular formula is C21H34Cl2N4O5S. The van der Waals surface area contributed by atoms with Crippen LogP contribution in [0.3, 0.4) is 0 Å². The SMILES string of the molecule is COc1cc(Cl)c(S(=O)(=O)N(C)CCOCC(=O)N2CCN(CCCN(C)C)CC2)c(Cl)c1. The Balaban J connectivity index is 1.76. The molecule has 1 aliphatic heterocycles. The number of rotatable bonds is 12. The van der Waals surface area contributed by atoms with Crippen LogP contribution in [-0.2, 0) is 19.6 Å². The molecule has 0 bridgehead atoms. The number of methoxy groups -OCH3 is 1. The van der Waals surface area contributed by atoms with Crippen LogP contribution in [0.25, 0.3) is 0 Å². The summed E-state index contributed by atoms with van der Waals surface area (Å²) in [6.45, 7) is 5.16. The molecule has 188 valence electrons. The Bertz CT molecular complexity index is 870. The Morgan fingerprint density at radius 2 is 1.67 bits per heavy atom. The fourth-order valence-electron chi connectivity index (χ4n) is 3.45. The van der Waals surface area contributed by atoms with Gasteiger partial charge in [-0.05, 0) is 33.6 Å². The van der Waals surface area contributed by atoms with Gasteiger partial charge >= 0.3 is 0 Å². The van der Waals surface area contributed by atoms with E-state index in [0.29, 0.717) is 18.8 Å². The Labute approximate surface area is 207 Å². The van der Waals surface area contributed by atoms with Crippen LogP contribution < -0.4 is 4.74 Å². The van der Waals surface area contributed by atoms with Gasteiger partial charge in [-0.1, -0.05) is 23.2 Å². The van der Waals surface area contributed by atoms with E-state index in [0.717, 1.165) is 36.9 Å². The first-order valence-corrected chi connectivity index (χ1v) is 13.0. The van der Waals surface area contributed by atoms with E-state index in [1.165, 1.54) is 26.3 Å². The lowest BCUT2D eigenvalue weighted by molar-refractivity contribution is -0.137. The van der Waals surface area contributed by atoms with Crippen LogP contribution in [0.1, 0.15) is 6.42 Å². The third-order valence-corrected chi connectivity index (χ3v) is 8.24. The monoisotopic (exact) mass is 524 g/mol. The molecule has 1 aromatic rings. The Kier molecular flexibility index (Phi) is 11.1. The fourth-order valence-corrected chi connectivity index (χ4v) is 5.74. The number of nitrogens with zero attached hydrogens (tertiary/aromatic N) is 4. The summed E-state index contributed by atoms with van der Waals surface area (Å²) in [4.78, 5) is 18.6. The summed E-state index contributed by atoms with van der Waals surface area (Å²) >= 11 is 12.3. The minimum Gasteiger partial charge on any atom is -0.497 e. The molecule has 12 heteroatoms. The predicted molar refractivity (Wildman–Crippen MR) is 130 cm³/mol. The van der Waals surface area contributed by atoms with E-state index in [-0.39, 0.29) is 40.6 Å². The third kappa shape index (κ3) is 8.24. The molecule has 0 aromatic heterocycles. The maximum atomic E-state index is 12.9. The summed E-state index contributed by atoms with van der Waals surface area (Å²) in [6, 6.07) is 2.79.